The Balaban J connectivity index is 1.98. The second kappa shape index (κ2) is 8.13. The number of pyridine rings is 1. The minimum atomic E-state index is -1.28. The van der Waals surface area contributed by atoms with Crippen LogP contribution in [0.25, 0.3) is 0 Å². The van der Waals surface area contributed by atoms with Gasteiger partial charge in [-0.15, -0.1) is 6.58 Å². The lowest BCUT2D eigenvalue weighted by atomic mass is 10.1. The van der Waals surface area contributed by atoms with Crippen molar-refractivity contribution in [3.05, 3.63) is 63.4 Å². The molecule has 150 valence electrons. The SMILES string of the molecule is C=CCC1(S(=O)Nc2cc(C)c(=O)n(C)c2Nc2ccc(CC)cc2Cl)CC1. The number of nitrogens with one attached hydrogen (secondary N) is 2. The molecule has 0 aliphatic heterocycles. The second-order valence-corrected chi connectivity index (χ2v) is 9.31. The fraction of sp³-hybridized carbons (Fsp3) is 0.381. The van der Waals surface area contributed by atoms with Crippen LogP contribution >= 0.6 is 11.6 Å². The second-order valence-electron chi connectivity index (χ2n) is 7.29. The molecule has 0 spiro atoms. The number of hydrogen-bond acceptors (Lipinski definition) is 3. The quantitative estimate of drug-likeness (QED) is 0.602. The molecule has 7 heteroatoms. The van der Waals surface area contributed by atoms with E-state index in [1.807, 2.05) is 24.3 Å². The molecule has 2 N–H and O–H groups in total. The molecular weight excluding hydrogens is 394 g/mol. The van der Waals surface area contributed by atoms with Crippen molar-refractivity contribution in [1.82, 2.24) is 4.57 Å². The average Bonchev–Trinajstić information content (AvgIpc) is 3.45. The molecule has 1 fully saturated rings. The van der Waals surface area contributed by atoms with Crippen molar-refractivity contribution in [3.8, 4) is 0 Å². The highest BCUT2D eigenvalue weighted by Crippen LogP contribution is 2.45. The van der Waals surface area contributed by atoms with Crippen LogP contribution < -0.4 is 15.6 Å². The van der Waals surface area contributed by atoms with E-state index < -0.39 is 11.0 Å². The van der Waals surface area contributed by atoms with Crippen LogP contribution in [0.2, 0.25) is 5.02 Å². The van der Waals surface area contributed by atoms with Crippen LogP contribution in [0.15, 0.2) is 41.7 Å². The van der Waals surface area contributed by atoms with E-state index in [1.54, 1.807) is 20.0 Å². The van der Waals surface area contributed by atoms with E-state index in [-0.39, 0.29) is 10.3 Å². The molecule has 0 saturated heterocycles. The highest BCUT2D eigenvalue weighted by atomic mass is 35.5. The average molecular weight is 420 g/mol. The predicted octanol–water partition coefficient (Wildman–Crippen LogP) is 4.84. The summed E-state index contributed by atoms with van der Waals surface area (Å²) in [4.78, 5) is 12.5. The molecule has 1 saturated carbocycles. The molecule has 1 atom stereocenters. The highest BCUT2D eigenvalue weighted by Gasteiger charge is 2.48. The summed E-state index contributed by atoms with van der Waals surface area (Å²) in [5.41, 5.74) is 2.90. The molecule has 3 rings (SSSR count). The van der Waals surface area contributed by atoms with Crippen LogP contribution in [0.3, 0.4) is 0 Å². The number of rotatable bonds is 8. The molecular formula is C21H26ClN3O2S. The van der Waals surface area contributed by atoms with Gasteiger partial charge < -0.3 is 10.0 Å². The first kappa shape index (κ1) is 20.7. The first-order valence-corrected chi connectivity index (χ1v) is 10.9. The van der Waals surface area contributed by atoms with Crippen molar-refractivity contribution < 1.29 is 4.21 Å². The molecule has 28 heavy (non-hydrogen) atoms. The Morgan fingerprint density at radius 2 is 2.04 bits per heavy atom. The van der Waals surface area contributed by atoms with Gasteiger partial charge in [-0.3, -0.25) is 9.36 Å². The summed E-state index contributed by atoms with van der Waals surface area (Å²) in [7, 11) is 0.410. The van der Waals surface area contributed by atoms with Crippen molar-refractivity contribution in [3.63, 3.8) is 0 Å². The van der Waals surface area contributed by atoms with Gasteiger partial charge in [-0.25, -0.2) is 4.21 Å². The van der Waals surface area contributed by atoms with Gasteiger partial charge in [0, 0.05) is 12.6 Å². The maximum Gasteiger partial charge on any atom is 0.254 e. The summed E-state index contributed by atoms with van der Waals surface area (Å²) in [5, 5.41) is 3.83. The molecule has 0 amide bonds. The first-order chi connectivity index (χ1) is 13.3. The van der Waals surface area contributed by atoms with Gasteiger partial charge in [-0.2, -0.15) is 0 Å². The normalized spacial score (nSPS) is 15.7. The van der Waals surface area contributed by atoms with Crippen LogP contribution in [0, 0.1) is 6.92 Å². The van der Waals surface area contributed by atoms with Gasteiger partial charge >= 0.3 is 0 Å². The van der Waals surface area contributed by atoms with E-state index in [9.17, 15) is 9.00 Å². The van der Waals surface area contributed by atoms with Gasteiger partial charge in [0.05, 0.1) is 21.1 Å². The summed E-state index contributed by atoms with van der Waals surface area (Å²) in [6, 6.07) is 7.53. The van der Waals surface area contributed by atoms with Crippen LogP contribution in [-0.2, 0) is 24.5 Å². The van der Waals surface area contributed by atoms with E-state index in [0.29, 0.717) is 34.2 Å². The summed E-state index contributed by atoms with van der Waals surface area (Å²) in [6.45, 7) is 7.59. The number of allylic oxidation sites excluding steroid dienone is 1. The molecule has 1 aromatic heterocycles. The largest absolute Gasteiger partial charge is 0.339 e. The lowest BCUT2D eigenvalue weighted by Crippen LogP contribution is -2.27. The summed E-state index contributed by atoms with van der Waals surface area (Å²) < 4.78 is 17.3. The smallest absolute Gasteiger partial charge is 0.254 e. The van der Waals surface area contributed by atoms with E-state index in [2.05, 4.69) is 23.5 Å². The maximum atomic E-state index is 13.0. The molecule has 2 aromatic rings. The Morgan fingerprint density at radius 1 is 1.32 bits per heavy atom. The van der Waals surface area contributed by atoms with Crippen molar-refractivity contribution >= 4 is 39.8 Å². The standard InChI is InChI=1S/C21H26ClN3O2S/c1-5-9-21(10-11-21)28(27)24-18-12-14(3)20(26)25(4)19(18)23-17-8-7-15(6-2)13-16(17)22/h5,7-8,12-13,23-24H,1,6,9-11H2,2-4H3. The molecule has 0 radical (unpaired) electrons. The molecule has 1 heterocycles. The van der Waals surface area contributed by atoms with Crippen LogP contribution in [0.5, 0.6) is 0 Å². The Kier molecular flexibility index (Phi) is 6.01. The van der Waals surface area contributed by atoms with Gasteiger partial charge in [0.15, 0.2) is 0 Å². The van der Waals surface area contributed by atoms with E-state index in [0.717, 1.165) is 24.8 Å². The molecule has 1 aliphatic rings. The third-order valence-corrected chi connectivity index (χ3v) is 7.29. The van der Waals surface area contributed by atoms with Crippen molar-refractivity contribution in [2.45, 2.75) is 44.3 Å². The van der Waals surface area contributed by atoms with Gasteiger partial charge in [-0.1, -0.05) is 30.7 Å². The zero-order chi connectivity index (χ0) is 20.5. The predicted molar refractivity (Wildman–Crippen MR) is 119 cm³/mol. The van der Waals surface area contributed by atoms with Crippen LogP contribution in [0.4, 0.5) is 17.2 Å². The molecule has 0 bridgehead atoms. The Labute approximate surface area is 173 Å². The van der Waals surface area contributed by atoms with E-state index in [1.165, 1.54) is 4.57 Å². The van der Waals surface area contributed by atoms with Crippen LogP contribution in [-0.4, -0.2) is 13.5 Å². The van der Waals surface area contributed by atoms with Gasteiger partial charge in [-0.05, 0) is 56.4 Å². The summed E-state index contributed by atoms with van der Waals surface area (Å²) in [6.07, 6.45) is 5.20. The third-order valence-electron chi connectivity index (χ3n) is 5.21. The third kappa shape index (κ3) is 4.03. The van der Waals surface area contributed by atoms with E-state index >= 15 is 0 Å². The number of aromatic nitrogens is 1. The topological polar surface area (TPSA) is 63.1 Å². The molecule has 1 aromatic carbocycles. The van der Waals surface area contributed by atoms with Crippen molar-refractivity contribution in [1.29, 1.82) is 0 Å². The lowest BCUT2D eigenvalue weighted by molar-refractivity contribution is 0.671. The Morgan fingerprint density at radius 3 is 2.61 bits per heavy atom. The van der Waals surface area contributed by atoms with Gasteiger partial charge in [0.1, 0.15) is 16.8 Å². The summed E-state index contributed by atoms with van der Waals surface area (Å²) >= 11 is 6.42. The number of halogens is 1. The number of hydrogen-bond donors (Lipinski definition) is 2. The minimum Gasteiger partial charge on any atom is -0.339 e. The first-order valence-electron chi connectivity index (χ1n) is 9.37. The number of anilines is 3. The van der Waals surface area contributed by atoms with Gasteiger partial charge in [0.25, 0.3) is 5.56 Å². The maximum absolute atomic E-state index is 13.0. The molecule has 5 nitrogen and oxygen atoms in total. The lowest BCUT2D eigenvalue weighted by Gasteiger charge is -2.21. The molecule has 1 unspecified atom stereocenters. The van der Waals surface area contributed by atoms with E-state index in [4.69, 9.17) is 11.6 Å². The van der Waals surface area contributed by atoms with Crippen molar-refractivity contribution in [2.24, 2.45) is 7.05 Å². The fourth-order valence-corrected chi connectivity index (χ4v) is 4.77. The monoisotopic (exact) mass is 419 g/mol. The number of aryl methyl sites for hydroxylation is 2. The highest BCUT2D eigenvalue weighted by molar-refractivity contribution is 7.88. The Bertz CT molecular complexity index is 996. The number of benzene rings is 1. The minimum absolute atomic E-state index is 0.118. The van der Waals surface area contributed by atoms with Crippen molar-refractivity contribution in [2.75, 3.05) is 10.0 Å². The van der Waals surface area contributed by atoms with Crippen LogP contribution in [0.1, 0.15) is 37.3 Å². The summed E-state index contributed by atoms with van der Waals surface area (Å²) in [5.74, 6) is 0.532. The Hall–Kier alpha value is -2.05. The molecule has 1 aliphatic carbocycles. The number of nitrogens with zero attached hydrogens (tertiary/aromatic N) is 1. The fourth-order valence-electron chi connectivity index (χ4n) is 3.21. The van der Waals surface area contributed by atoms with Gasteiger partial charge in [0.2, 0.25) is 0 Å². The zero-order valence-corrected chi connectivity index (χ0v) is 18.0. The zero-order valence-electron chi connectivity index (χ0n) is 16.5.